The van der Waals surface area contributed by atoms with Crippen LogP contribution < -0.4 is 9.47 Å². The predicted octanol–water partition coefficient (Wildman–Crippen LogP) is 4.10. The summed E-state index contributed by atoms with van der Waals surface area (Å²) in [6, 6.07) is 17.6. The number of hydrogen-bond donors (Lipinski definition) is 0. The Morgan fingerprint density at radius 3 is 1.36 bits per heavy atom. The third kappa shape index (κ3) is 3.97. The lowest BCUT2D eigenvalue weighted by atomic mass is 10.1. The summed E-state index contributed by atoms with van der Waals surface area (Å²) >= 11 is 0. The van der Waals surface area contributed by atoms with Crippen LogP contribution >= 0.6 is 0 Å². The monoisotopic (exact) mass is 340 g/mol. The Morgan fingerprint density at radius 2 is 1.04 bits per heavy atom. The fraction of sp³-hybridized carbons (Fsp3) is 0.429. The third-order valence-electron chi connectivity index (χ3n) is 5.33. The van der Waals surface area contributed by atoms with Crippen LogP contribution in [0, 0.1) is 0 Å². The number of benzene rings is 2. The van der Waals surface area contributed by atoms with Crippen molar-refractivity contribution in [2.24, 2.45) is 0 Å². The van der Waals surface area contributed by atoms with Gasteiger partial charge in [-0.25, -0.2) is 0 Å². The fourth-order valence-corrected chi connectivity index (χ4v) is 3.45. The van der Waals surface area contributed by atoms with E-state index in [2.05, 4.69) is 47.9 Å². The highest BCUT2D eigenvalue weighted by Gasteiger charge is 2.28. The van der Waals surface area contributed by atoms with E-state index in [9.17, 15) is 0 Å². The van der Waals surface area contributed by atoms with Crippen LogP contribution in [0.4, 0.5) is 0 Å². The van der Waals surface area contributed by atoms with Gasteiger partial charge >= 0.3 is 0 Å². The van der Waals surface area contributed by atoms with Crippen LogP contribution in [-0.4, -0.2) is 43.8 Å². The predicted molar refractivity (Wildman–Crippen MR) is 101 cm³/mol. The molecule has 1 heterocycles. The summed E-state index contributed by atoms with van der Waals surface area (Å²) in [5.41, 5.74) is 2.67. The van der Waals surface area contributed by atoms with Crippen molar-refractivity contribution in [3.05, 3.63) is 59.7 Å². The zero-order valence-corrected chi connectivity index (χ0v) is 15.6. The lowest BCUT2D eigenvalue weighted by Crippen LogP contribution is -2.29. The molecule has 1 fully saturated rings. The van der Waals surface area contributed by atoms with Crippen molar-refractivity contribution in [3.8, 4) is 11.5 Å². The third-order valence-corrected chi connectivity index (χ3v) is 5.33. The van der Waals surface area contributed by atoms with E-state index in [1.165, 1.54) is 11.1 Å². The molecule has 4 heteroatoms. The summed E-state index contributed by atoms with van der Waals surface area (Å²) in [6.45, 7) is 7.73. The Labute approximate surface area is 151 Å². The van der Waals surface area contributed by atoms with Gasteiger partial charge < -0.3 is 9.47 Å². The highest BCUT2D eigenvalue weighted by molar-refractivity contribution is 5.30. The van der Waals surface area contributed by atoms with Gasteiger partial charge in [-0.1, -0.05) is 24.3 Å². The van der Waals surface area contributed by atoms with Gasteiger partial charge in [0.2, 0.25) is 0 Å². The van der Waals surface area contributed by atoms with Crippen LogP contribution in [0.1, 0.15) is 37.1 Å². The van der Waals surface area contributed by atoms with Crippen molar-refractivity contribution in [2.75, 3.05) is 34.0 Å². The number of hydrogen-bond acceptors (Lipinski definition) is 4. The summed E-state index contributed by atoms with van der Waals surface area (Å²) in [5.74, 6) is 1.82. The normalized spacial score (nSPS) is 18.1. The van der Waals surface area contributed by atoms with Crippen LogP contribution in [-0.2, 0) is 0 Å². The van der Waals surface area contributed by atoms with E-state index < -0.39 is 0 Å². The van der Waals surface area contributed by atoms with E-state index >= 15 is 0 Å². The van der Waals surface area contributed by atoms with Gasteiger partial charge in [0.05, 0.1) is 20.9 Å². The van der Waals surface area contributed by atoms with Gasteiger partial charge in [-0.3, -0.25) is 9.80 Å². The van der Waals surface area contributed by atoms with Gasteiger partial charge in [-0.2, -0.15) is 0 Å². The Morgan fingerprint density at radius 1 is 0.680 bits per heavy atom. The number of methoxy groups -OCH3 is 2. The van der Waals surface area contributed by atoms with Crippen LogP contribution in [0.3, 0.4) is 0 Å². The van der Waals surface area contributed by atoms with E-state index in [1.54, 1.807) is 14.2 Å². The summed E-state index contributed by atoms with van der Waals surface area (Å²) < 4.78 is 10.5. The molecule has 0 spiro atoms. The summed E-state index contributed by atoms with van der Waals surface area (Å²) in [4.78, 5) is 5.06. The van der Waals surface area contributed by atoms with E-state index in [0.717, 1.165) is 31.3 Å². The average molecular weight is 340 g/mol. The Bertz CT molecular complexity index is 610. The Hall–Kier alpha value is -2.04. The van der Waals surface area contributed by atoms with Crippen molar-refractivity contribution in [1.82, 2.24) is 9.80 Å². The molecule has 4 nitrogen and oxygen atoms in total. The van der Waals surface area contributed by atoms with Crippen LogP contribution in [0.5, 0.6) is 11.5 Å². The second-order valence-electron chi connectivity index (χ2n) is 6.66. The molecule has 0 N–H and O–H groups in total. The van der Waals surface area contributed by atoms with Gasteiger partial charge in [0.15, 0.2) is 0 Å². The smallest absolute Gasteiger partial charge is 0.118 e. The van der Waals surface area contributed by atoms with Crippen molar-refractivity contribution in [2.45, 2.75) is 25.9 Å². The molecule has 2 atom stereocenters. The van der Waals surface area contributed by atoms with Crippen LogP contribution in [0.25, 0.3) is 0 Å². The number of rotatable bonds is 6. The van der Waals surface area contributed by atoms with Gasteiger partial charge in [-0.05, 0) is 49.2 Å². The van der Waals surface area contributed by atoms with Crippen LogP contribution in [0.15, 0.2) is 48.5 Å². The second kappa shape index (κ2) is 7.89. The first-order chi connectivity index (χ1) is 12.1. The molecule has 0 aliphatic carbocycles. The molecule has 3 rings (SSSR count). The molecule has 134 valence electrons. The minimum Gasteiger partial charge on any atom is -0.497 e. The van der Waals surface area contributed by atoms with Crippen molar-refractivity contribution in [1.29, 1.82) is 0 Å². The highest BCUT2D eigenvalue weighted by atomic mass is 16.5. The molecule has 2 aromatic rings. The summed E-state index contributed by atoms with van der Waals surface area (Å²) in [5, 5.41) is 0. The quantitative estimate of drug-likeness (QED) is 0.790. The Kier molecular flexibility index (Phi) is 5.61. The first-order valence-corrected chi connectivity index (χ1v) is 8.88. The number of nitrogens with zero attached hydrogens (tertiary/aromatic N) is 2. The Balaban J connectivity index is 1.63. The molecule has 1 saturated heterocycles. The zero-order valence-electron chi connectivity index (χ0n) is 15.6. The van der Waals surface area contributed by atoms with E-state index in [0.29, 0.717) is 12.1 Å². The highest BCUT2D eigenvalue weighted by Crippen LogP contribution is 2.29. The first-order valence-electron chi connectivity index (χ1n) is 8.88. The second-order valence-corrected chi connectivity index (χ2v) is 6.66. The SMILES string of the molecule is COc1ccc(C(C)N2CCN(C(C)c3ccc(OC)cc3)C2)cc1. The fourth-order valence-electron chi connectivity index (χ4n) is 3.45. The molecule has 0 saturated carbocycles. The summed E-state index contributed by atoms with van der Waals surface area (Å²) in [7, 11) is 3.41. The summed E-state index contributed by atoms with van der Waals surface area (Å²) in [6.07, 6.45) is 0. The first kappa shape index (κ1) is 17.8. The van der Waals surface area contributed by atoms with Gasteiger partial charge in [0.1, 0.15) is 11.5 Å². The molecule has 2 aromatic carbocycles. The maximum atomic E-state index is 5.26. The van der Waals surface area contributed by atoms with E-state index in [-0.39, 0.29) is 0 Å². The molecule has 1 aliphatic rings. The minimum absolute atomic E-state index is 0.402. The van der Waals surface area contributed by atoms with E-state index in [4.69, 9.17) is 9.47 Å². The molecular weight excluding hydrogens is 312 g/mol. The average Bonchev–Trinajstić information content (AvgIpc) is 3.17. The molecule has 0 aromatic heterocycles. The molecular formula is C21H28N2O2. The maximum absolute atomic E-state index is 5.26. The van der Waals surface area contributed by atoms with Crippen molar-refractivity contribution < 1.29 is 9.47 Å². The maximum Gasteiger partial charge on any atom is 0.118 e. The van der Waals surface area contributed by atoms with E-state index in [1.807, 2.05) is 24.3 Å². The zero-order chi connectivity index (χ0) is 17.8. The van der Waals surface area contributed by atoms with Gasteiger partial charge in [0, 0.05) is 25.2 Å². The van der Waals surface area contributed by atoms with Gasteiger partial charge in [0.25, 0.3) is 0 Å². The van der Waals surface area contributed by atoms with Gasteiger partial charge in [-0.15, -0.1) is 0 Å². The number of ether oxygens (including phenoxy) is 2. The van der Waals surface area contributed by atoms with Crippen LogP contribution in [0.2, 0.25) is 0 Å². The van der Waals surface area contributed by atoms with Crippen molar-refractivity contribution in [3.63, 3.8) is 0 Å². The molecule has 0 bridgehead atoms. The molecule has 0 amide bonds. The molecule has 0 radical (unpaired) electrons. The minimum atomic E-state index is 0.402. The largest absolute Gasteiger partial charge is 0.497 e. The molecule has 1 aliphatic heterocycles. The lowest BCUT2D eigenvalue weighted by Gasteiger charge is -2.28. The molecule has 25 heavy (non-hydrogen) atoms. The molecule has 2 unspecified atom stereocenters. The van der Waals surface area contributed by atoms with Crippen molar-refractivity contribution >= 4 is 0 Å². The topological polar surface area (TPSA) is 24.9 Å². The standard InChI is InChI=1S/C21H28N2O2/c1-16(18-5-9-20(24-3)10-6-18)22-13-14-23(15-22)17(2)19-7-11-21(25-4)12-8-19/h5-12,16-17H,13-15H2,1-4H3. The lowest BCUT2D eigenvalue weighted by molar-refractivity contribution is 0.173.